The van der Waals surface area contributed by atoms with Gasteiger partial charge < -0.3 is 15.2 Å². The molecular formula is C18H34IN5O. The Morgan fingerprint density at radius 2 is 2.00 bits per heavy atom. The molecule has 0 atom stereocenters. The summed E-state index contributed by atoms with van der Waals surface area (Å²) >= 11 is 0. The van der Waals surface area contributed by atoms with Gasteiger partial charge in [-0.2, -0.15) is 4.98 Å². The Balaban J connectivity index is 0.00000312. The van der Waals surface area contributed by atoms with Crippen LogP contribution in [0.1, 0.15) is 76.9 Å². The van der Waals surface area contributed by atoms with E-state index in [-0.39, 0.29) is 24.0 Å². The van der Waals surface area contributed by atoms with Crippen molar-refractivity contribution >= 4 is 29.9 Å². The maximum absolute atomic E-state index is 5.26. The Morgan fingerprint density at radius 1 is 1.28 bits per heavy atom. The SMILES string of the molecule is CCCC1CCC(NC(=NC)NCCc2nc(C(C)C)no2)CC1.I. The second-order valence-corrected chi connectivity index (χ2v) is 7.10. The number of nitrogens with zero attached hydrogens (tertiary/aromatic N) is 3. The van der Waals surface area contributed by atoms with Crippen molar-refractivity contribution in [1.82, 2.24) is 20.8 Å². The van der Waals surface area contributed by atoms with E-state index in [1.807, 2.05) is 7.05 Å². The molecule has 1 aliphatic rings. The van der Waals surface area contributed by atoms with Crippen molar-refractivity contribution in [3.8, 4) is 0 Å². The number of rotatable bonds is 7. The molecule has 7 heteroatoms. The van der Waals surface area contributed by atoms with Crippen LogP contribution in [0.3, 0.4) is 0 Å². The van der Waals surface area contributed by atoms with Crippen LogP contribution in [0.5, 0.6) is 0 Å². The molecule has 1 aromatic heterocycles. The zero-order valence-electron chi connectivity index (χ0n) is 16.0. The van der Waals surface area contributed by atoms with E-state index in [1.165, 1.54) is 38.5 Å². The molecule has 1 aliphatic carbocycles. The first-order valence-electron chi connectivity index (χ1n) is 9.42. The zero-order chi connectivity index (χ0) is 17.4. The lowest BCUT2D eigenvalue weighted by Gasteiger charge is -2.30. The summed E-state index contributed by atoms with van der Waals surface area (Å²) < 4.78 is 5.26. The van der Waals surface area contributed by atoms with Gasteiger partial charge in [-0.1, -0.05) is 38.8 Å². The number of guanidine groups is 1. The topological polar surface area (TPSA) is 75.3 Å². The van der Waals surface area contributed by atoms with Crippen LogP contribution in [0.2, 0.25) is 0 Å². The van der Waals surface area contributed by atoms with Gasteiger partial charge >= 0.3 is 0 Å². The molecule has 0 aliphatic heterocycles. The summed E-state index contributed by atoms with van der Waals surface area (Å²) in [5, 5.41) is 10.9. The maximum atomic E-state index is 5.26. The molecule has 1 heterocycles. The molecule has 2 rings (SSSR count). The molecule has 144 valence electrons. The third-order valence-corrected chi connectivity index (χ3v) is 4.74. The maximum Gasteiger partial charge on any atom is 0.228 e. The fraction of sp³-hybridized carbons (Fsp3) is 0.833. The Labute approximate surface area is 169 Å². The second kappa shape index (κ2) is 11.7. The van der Waals surface area contributed by atoms with E-state index in [0.717, 1.165) is 24.2 Å². The van der Waals surface area contributed by atoms with E-state index in [0.29, 0.717) is 24.3 Å². The van der Waals surface area contributed by atoms with Gasteiger partial charge in [-0.25, -0.2) is 0 Å². The highest BCUT2D eigenvalue weighted by atomic mass is 127. The molecule has 0 radical (unpaired) electrons. The summed E-state index contributed by atoms with van der Waals surface area (Å²) in [5.41, 5.74) is 0. The average molecular weight is 463 g/mol. The second-order valence-electron chi connectivity index (χ2n) is 7.10. The largest absolute Gasteiger partial charge is 0.356 e. The smallest absolute Gasteiger partial charge is 0.228 e. The molecule has 0 bridgehead atoms. The Morgan fingerprint density at radius 3 is 2.56 bits per heavy atom. The number of hydrogen-bond acceptors (Lipinski definition) is 4. The van der Waals surface area contributed by atoms with Gasteiger partial charge in [0.05, 0.1) is 0 Å². The number of halogens is 1. The minimum absolute atomic E-state index is 0. The zero-order valence-corrected chi connectivity index (χ0v) is 18.4. The fourth-order valence-electron chi connectivity index (χ4n) is 3.28. The Kier molecular flexibility index (Phi) is 10.4. The number of nitrogens with one attached hydrogen (secondary N) is 2. The highest BCUT2D eigenvalue weighted by molar-refractivity contribution is 14.0. The summed E-state index contributed by atoms with van der Waals surface area (Å²) in [6.07, 6.45) is 8.55. The van der Waals surface area contributed by atoms with E-state index < -0.39 is 0 Å². The highest BCUT2D eigenvalue weighted by Crippen LogP contribution is 2.27. The number of aromatic nitrogens is 2. The van der Waals surface area contributed by atoms with Gasteiger partial charge in [0.1, 0.15) is 0 Å². The van der Waals surface area contributed by atoms with Crippen molar-refractivity contribution in [2.24, 2.45) is 10.9 Å². The van der Waals surface area contributed by atoms with E-state index in [2.05, 4.69) is 46.5 Å². The molecule has 2 N–H and O–H groups in total. The van der Waals surface area contributed by atoms with Crippen molar-refractivity contribution in [3.63, 3.8) is 0 Å². The van der Waals surface area contributed by atoms with E-state index in [9.17, 15) is 0 Å². The third-order valence-electron chi connectivity index (χ3n) is 4.74. The number of aliphatic imine (C=N–C) groups is 1. The van der Waals surface area contributed by atoms with Gasteiger partial charge in [0, 0.05) is 32.0 Å². The minimum atomic E-state index is 0. The molecule has 1 fully saturated rings. The molecule has 0 saturated heterocycles. The van der Waals surface area contributed by atoms with Crippen LogP contribution in [-0.4, -0.2) is 35.7 Å². The molecule has 0 spiro atoms. The van der Waals surface area contributed by atoms with Gasteiger partial charge in [0.25, 0.3) is 0 Å². The lowest BCUT2D eigenvalue weighted by molar-refractivity contribution is 0.295. The predicted octanol–water partition coefficient (Wildman–Crippen LogP) is 3.88. The normalized spacial score (nSPS) is 21.1. The summed E-state index contributed by atoms with van der Waals surface area (Å²) in [7, 11) is 1.82. The summed E-state index contributed by atoms with van der Waals surface area (Å²) in [5.74, 6) is 3.55. The molecule has 0 unspecified atom stereocenters. The van der Waals surface area contributed by atoms with Gasteiger partial charge in [-0.15, -0.1) is 24.0 Å². The third kappa shape index (κ3) is 7.50. The van der Waals surface area contributed by atoms with Crippen LogP contribution in [0.25, 0.3) is 0 Å². The molecule has 25 heavy (non-hydrogen) atoms. The molecule has 0 aromatic carbocycles. The minimum Gasteiger partial charge on any atom is -0.356 e. The van der Waals surface area contributed by atoms with Crippen LogP contribution >= 0.6 is 24.0 Å². The predicted molar refractivity (Wildman–Crippen MR) is 113 cm³/mol. The molecule has 6 nitrogen and oxygen atoms in total. The van der Waals surface area contributed by atoms with Crippen LogP contribution in [0.4, 0.5) is 0 Å². The van der Waals surface area contributed by atoms with Crippen LogP contribution in [0.15, 0.2) is 9.52 Å². The van der Waals surface area contributed by atoms with E-state index >= 15 is 0 Å². The first kappa shape index (κ1) is 22.2. The summed E-state index contributed by atoms with van der Waals surface area (Å²) in [4.78, 5) is 8.73. The molecule has 1 aromatic rings. The monoisotopic (exact) mass is 463 g/mol. The van der Waals surface area contributed by atoms with Gasteiger partial charge in [0.15, 0.2) is 11.8 Å². The van der Waals surface area contributed by atoms with Gasteiger partial charge in [0.2, 0.25) is 5.89 Å². The van der Waals surface area contributed by atoms with Crippen LogP contribution in [0, 0.1) is 5.92 Å². The Hall–Kier alpha value is -0.860. The standard InChI is InChI=1S/C18H33N5O.HI/c1-5-6-14-7-9-15(10-8-14)21-18(19-4)20-12-11-16-22-17(13(2)3)23-24-16;/h13-15H,5-12H2,1-4H3,(H2,19,20,21);1H. The first-order valence-corrected chi connectivity index (χ1v) is 9.42. The van der Waals surface area contributed by atoms with E-state index in [4.69, 9.17) is 4.52 Å². The van der Waals surface area contributed by atoms with Crippen molar-refractivity contribution in [1.29, 1.82) is 0 Å². The van der Waals surface area contributed by atoms with Crippen molar-refractivity contribution in [2.75, 3.05) is 13.6 Å². The van der Waals surface area contributed by atoms with Gasteiger partial charge in [-0.05, 0) is 31.6 Å². The number of hydrogen-bond donors (Lipinski definition) is 2. The lowest BCUT2D eigenvalue weighted by atomic mass is 9.83. The molecule has 1 saturated carbocycles. The lowest BCUT2D eigenvalue weighted by Crippen LogP contribution is -2.45. The highest BCUT2D eigenvalue weighted by Gasteiger charge is 2.21. The molecular weight excluding hydrogens is 429 g/mol. The quantitative estimate of drug-likeness (QED) is 0.365. The van der Waals surface area contributed by atoms with Crippen LogP contribution < -0.4 is 10.6 Å². The van der Waals surface area contributed by atoms with Crippen molar-refractivity contribution in [2.45, 2.75) is 77.7 Å². The average Bonchev–Trinajstić information content (AvgIpc) is 3.05. The van der Waals surface area contributed by atoms with E-state index in [1.54, 1.807) is 0 Å². The van der Waals surface area contributed by atoms with Gasteiger partial charge in [-0.3, -0.25) is 4.99 Å². The summed E-state index contributed by atoms with van der Waals surface area (Å²) in [6, 6.07) is 0.542. The fourth-order valence-corrected chi connectivity index (χ4v) is 3.28. The summed E-state index contributed by atoms with van der Waals surface area (Å²) in [6.45, 7) is 7.15. The Bertz CT molecular complexity index is 509. The van der Waals surface area contributed by atoms with Crippen molar-refractivity contribution in [3.05, 3.63) is 11.7 Å². The molecule has 0 amide bonds. The van der Waals surface area contributed by atoms with Crippen LogP contribution in [-0.2, 0) is 6.42 Å². The van der Waals surface area contributed by atoms with Crippen molar-refractivity contribution < 1.29 is 4.52 Å². The first-order chi connectivity index (χ1) is 11.6.